The summed E-state index contributed by atoms with van der Waals surface area (Å²) in [6.45, 7) is 3.15. The van der Waals surface area contributed by atoms with Crippen molar-refractivity contribution in [3.8, 4) is 0 Å². The minimum absolute atomic E-state index is 0.192. The van der Waals surface area contributed by atoms with E-state index in [0.29, 0.717) is 0 Å². The summed E-state index contributed by atoms with van der Waals surface area (Å²) in [5.41, 5.74) is 0. The molecule has 0 aliphatic heterocycles. The minimum atomic E-state index is -4.13. The van der Waals surface area contributed by atoms with Crippen LogP contribution in [0.5, 0.6) is 0 Å². The summed E-state index contributed by atoms with van der Waals surface area (Å²) < 4.78 is 35.2. The zero-order chi connectivity index (χ0) is 9.78. The van der Waals surface area contributed by atoms with E-state index in [-0.39, 0.29) is 6.54 Å². The first-order valence-corrected chi connectivity index (χ1v) is 3.79. The van der Waals surface area contributed by atoms with Crippen LogP contribution in [0.4, 0.5) is 13.2 Å². The standard InChI is InChI=1S/C7H14F3NO/c1-5(3-7(8,9)10)11-4-6(2)12/h5-6,11-12H,3-4H2,1-2H3. The molecule has 0 heterocycles. The monoisotopic (exact) mass is 185 g/mol. The largest absolute Gasteiger partial charge is 0.392 e. The maximum atomic E-state index is 11.7. The predicted molar refractivity (Wildman–Crippen MR) is 39.8 cm³/mol. The first-order chi connectivity index (χ1) is 5.31. The Morgan fingerprint density at radius 1 is 1.33 bits per heavy atom. The van der Waals surface area contributed by atoms with Crippen LogP contribution in [0.1, 0.15) is 20.3 Å². The number of alkyl halides is 3. The summed E-state index contributed by atoms with van der Waals surface area (Å²) >= 11 is 0. The van der Waals surface area contributed by atoms with E-state index in [2.05, 4.69) is 5.32 Å². The van der Waals surface area contributed by atoms with Crippen LogP contribution in [0.3, 0.4) is 0 Å². The zero-order valence-electron chi connectivity index (χ0n) is 7.15. The number of aliphatic hydroxyl groups is 1. The Hall–Kier alpha value is -0.290. The molecule has 74 valence electrons. The molecular weight excluding hydrogens is 171 g/mol. The number of hydrogen-bond donors (Lipinski definition) is 2. The molecule has 0 saturated heterocycles. The fourth-order valence-electron chi connectivity index (χ4n) is 0.791. The summed E-state index contributed by atoms with van der Waals surface area (Å²) in [6.07, 6.45) is -5.61. The molecule has 0 aliphatic carbocycles. The second-order valence-corrected chi connectivity index (χ2v) is 2.98. The lowest BCUT2D eigenvalue weighted by Gasteiger charge is -2.16. The van der Waals surface area contributed by atoms with Gasteiger partial charge in [0.15, 0.2) is 0 Å². The molecule has 0 fully saturated rings. The highest BCUT2D eigenvalue weighted by Gasteiger charge is 2.29. The molecule has 0 radical (unpaired) electrons. The Kier molecular flexibility index (Phi) is 4.55. The van der Waals surface area contributed by atoms with E-state index in [4.69, 9.17) is 5.11 Å². The van der Waals surface area contributed by atoms with Gasteiger partial charge in [-0.2, -0.15) is 13.2 Å². The minimum Gasteiger partial charge on any atom is -0.392 e. The number of aliphatic hydroxyl groups excluding tert-OH is 1. The Labute approximate surface area is 69.8 Å². The van der Waals surface area contributed by atoms with Gasteiger partial charge in [0.2, 0.25) is 0 Å². The van der Waals surface area contributed by atoms with Gasteiger partial charge in [-0.05, 0) is 13.8 Å². The van der Waals surface area contributed by atoms with E-state index < -0.39 is 24.7 Å². The molecule has 2 N–H and O–H groups in total. The van der Waals surface area contributed by atoms with Gasteiger partial charge in [-0.15, -0.1) is 0 Å². The predicted octanol–water partition coefficient (Wildman–Crippen LogP) is 1.30. The second-order valence-electron chi connectivity index (χ2n) is 2.98. The highest BCUT2D eigenvalue weighted by molar-refractivity contribution is 4.66. The lowest BCUT2D eigenvalue weighted by Crippen LogP contribution is -2.35. The van der Waals surface area contributed by atoms with Crippen molar-refractivity contribution in [1.82, 2.24) is 5.32 Å². The SMILES string of the molecule is CC(O)CNC(C)CC(F)(F)F. The van der Waals surface area contributed by atoms with Gasteiger partial charge in [0.1, 0.15) is 0 Å². The van der Waals surface area contributed by atoms with Crippen molar-refractivity contribution in [3.05, 3.63) is 0 Å². The Morgan fingerprint density at radius 3 is 2.17 bits per heavy atom. The Bertz CT molecular complexity index is 124. The maximum Gasteiger partial charge on any atom is 0.390 e. The molecule has 0 bridgehead atoms. The van der Waals surface area contributed by atoms with Crippen LogP contribution in [0.2, 0.25) is 0 Å². The van der Waals surface area contributed by atoms with Crippen molar-refractivity contribution in [2.75, 3.05) is 6.54 Å². The van der Waals surface area contributed by atoms with Gasteiger partial charge in [0.05, 0.1) is 12.5 Å². The van der Waals surface area contributed by atoms with E-state index >= 15 is 0 Å². The van der Waals surface area contributed by atoms with Gasteiger partial charge in [-0.25, -0.2) is 0 Å². The van der Waals surface area contributed by atoms with E-state index in [1.807, 2.05) is 0 Å². The van der Waals surface area contributed by atoms with Crippen molar-refractivity contribution >= 4 is 0 Å². The van der Waals surface area contributed by atoms with Crippen LogP contribution < -0.4 is 5.32 Å². The molecule has 0 aliphatic rings. The number of hydrogen-bond acceptors (Lipinski definition) is 2. The Morgan fingerprint density at radius 2 is 1.83 bits per heavy atom. The number of nitrogens with one attached hydrogen (secondary N) is 1. The molecule has 0 spiro atoms. The lowest BCUT2D eigenvalue weighted by atomic mass is 10.2. The van der Waals surface area contributed by atoms with E-state index in [9.17, 15) is 13.2 Å². The molecule has 5 heteroatoms. The molecule has 2 atom stereocenters. The number of halogens is 3. The summed E-state index contributed by atoms with van der Waals surface area (Å²) in [4.78, 5) is 0. The fraction of sp³-hybridized carbons (Fsp3) is 1.00. The van der Waals surface area contributed by atoms with Crippen LogP contribution in [-0.2, 0) is 0 Å². The molecular formula is C7H14F3NO. The van der Waals surface area contributed by atoms with Gasteiger partial charge in [0, 0.05) is 12.6 Å². The molecule has 0 aromatic heterocycles. The third kappa shape index (κ3) is 7.81. The van der Waals surface area contributed by atoms with Crippen LogP contribution in [0.15, 0.2) is 0 Å². The maximum absolute atomic E-state index is 11.7. The van der Waals surface area contributed by atoms with Crippen LogP contribution in [0, 0.1) is 0 Å². The quantitative estimate of drug-likeness (QED) is 0.691. The van der Waals surface area contributed by atoms with Crippen LogP contribution >= 0.6 is 0 Å². The smallest absolute Gasteiger partial charge is 0.390 e. The molecule has 2 unspecified atom stereocenters. The Balaban J connectivity index is 3.53. The molecule has 12 heavy (non-hydrogen) atoms. The first-order valence-electron chi connectivity index (χ1n) is 3.79. The van der Waals surface area contributed by atoms with E-state index in [1.54, 1.807) is 0 Å². The van der Waals surface area contributed by atoms with Gasteiger partial charge in [-0.1, -0.05) is 0 Å². The average Bonchev–Trinajstić information content (AvgIpc) is 1.79. The summed E-state index contributed by atoms with van der Waals surface area (Å²) in [7, 11) is 0. The second kappa shape index (κ2) is 4.67. The van der Waals surface area contributed by atoms with Gasteiger partial charge >= 0.3 is 6.18 Å². The fourth-order valence-corrected chi connectivity index (χ4v) is 0.791. The summed E-state index contributed by atoms with van der Waals surface area (Å²) in [6, 6.07) is -0.639. The van der Waals surface area contributed by atoms with Crippen molar-refractivity contribution in [2.24, 2.45) is 0 Å². The van der Waals surface area contributed by atoms with Crippen molar-refractivity contribution < 1.29 is 18.3 Å². The highest BCUT2D eigenvalue weighted by Crippen LogP contribution is 2.21. The summed E-state index contributed by atoms with van der Waals surface area (Å²) in [5, 5.41) is 11.3. The highest BCUT2D eigenvalue weighted by atomic mass is 19.4. The molecule has 0 amide bonds. The third-order valence-electron chi connectivity index (χ3n) is 1.30. The molecule has 0 aromatic carbocycles. The normalized spacial score (nSPS) is 17.5. The molecule has 0 rings (SSSR count). The van der Waals surface area contributed by atoms with Crippen molar-refractivity contribution in [1.29, 1.82) is 0 Å². The molecule has 2 nitrogen and oxygen atoms in total. The van der Waals surface area contributed by atoms with E-state index in [0.717, 1.165) is 0 Å². The third-order valence-corrected chi connectivity index (χ3v) is 1.30. The first kappa shape index (κ1) is 11.7. The molecule has 0 saturated carbocycles. The average molecular weight is 185 g/mol. The van der Waals surface area contributed by atoms with Crippen molar-refractivity contribution in [2.45, 2.75) is 38.6 Å². The molecule has 0 aromatic rings. The van der Waals surface area contributed by atoms with Crippen LogP contribution in [-0.4, -0.2) is 30.0 Å². The topological polar surface area (TPSA) is 32.3 Å². The van der Waals surface area contributed by atoms with Crippen LogP contribution in [0.25, 0.3) is 0 Å². The zero-order valence-corrected chi connectivity index (χ0v) is 7.15. The van der Waals surface area contributed by atoms with Gasteiger partial charge in [-0.3, -0.25) is 0 Å². The number of rotatable bonds is 4. The van der Waals surface area contributed by atoms with Gasteiger partial charge < -0.3 is 10.4 Å². The summed E-state index contributed by atoms with van der Waals surface area (Å²) in [5.74, 6) is 0. The van der Waals surface area contributed by atoms with Gasteiger partial charge in [0.25, 0.3) is 0 Å². The van der Waals surface area contributed by atoms with Crippen molar-refractivity contribution in [3.63, 3.8) is 0 Å². The lowest BCUT2D eigenvalue weighted by molar-refractivity contribution is -0.139. The van der Waals surface area contributed by atoms with E-state index in [1.165, 1.54) is 13.8 Å².